The Morgan fingerprint density at radius 2 is 0.772 bits per heavy atom. The number of aryl methyl sites for hydroxylation is 3. The Kier molecular flexibility index (Phi) is 14.4. The third-order valence-electron chi connectivity index (χ3n) is 9.68. The maximum Gasteiger partial charge on any atom is 2.00 e. The molecule has 0 atom stereocenters. The molecule has 0 aliphatic carbocycles. The van der Waals surface area contributed by atoms with Crippen LogP contribution in [0.5, 0.6) is 0 Å². The first kappa shape index (κ1) is 44.6. The van der Waals surface area contributed by atoms with Crippen molar-refractivity contribution in [2.45, 2.75) is 0 Å². The van der Waals surface area contributed by atoms with Crippen molar-refractivity contribution in [3.8, 4) is 0 Å². The first-order chi connectivity index (χ1) is 25.4. The van der Waals surface area contributed by atoms with Crippen molar-refractivity contribution < 1.29 is 79.8 Å². The molecular formula is C44H36Cl4N8Ni. The molecule has 0 N–H and O–H groups in total. The van der Waals surface area contributed by atoms with Gasteiger partial charge in [0.25, 0.3) is 0 Å². The summed E-state index contributed by atoms with van der Waals surface area (Å²) in [5, 5.41) is 0. The van der Waals surface area contributed by atoms with Crippen molar-refractivity contribution in [3.63, 3.8) is 0 Å². The number of halogens is 4. The van der Waals surface area contributed by atoms with Gasteiger partial charge >= 0.3 is 16.5 Å². The number of nitrogens with zero attached hydrogens (tertiary/aromatic N) is 8. The smallest absolute Gasteiger partial charge is 1.00 e. The fraction of sp³-hybridized carbons (Fsp3) is 0.0909. The second-order valence-corrected chi connectivity index (χ2v) is 13.4. The number of aliphatic imine (C=N–C) groups is 3. The number of hydrogen-bond acceptors (Lipinski definition) is 4. The molecule has 4 aromatic rings. The molecule has 0 amide bonds. The third-order valence-corrected chi connectivity index (χ3v) is 9.68. The molecule has 290 valence electrons. The van der Waals surface area contributed by atoms with Crippen LogP contribution in [-0.2, 0) is 37.6 Å². The molecular weight excluding hydrogens is 841 g/mol. The number of allylic oxidation sites excluding steroid dienone is 11. The summed E-state index contributed by atoms with van der Waals surface area (Å²) >= 11 is 0. The molecule has 0 aromatic carbocycles. The fourth-order valence-electron chi connectivity index (χ4n) is 6.94. The Balaban J connectivity index is 0.00000144. The summed E-state index contributed by atoms with van der Waals surface area (Å²) in [6.07, 6.45) is 33.3. The van der Waals surface area contributed by atoms with Gasteiger partial charge in [0.15, 0.2) is 37.2 Å². The van der Waals surface area contributed by atoms with Crippen LogP contribution in [0.2, 0.25) is 0 Å². The summed E-state index contributed by atoms with van der Waals surface area (Å²) in [4.78, 5) is 23.4. The van der Waals surface area contributed by atoms with Gasteiger partial charge in [0.1, 0.15) is 21.1 Å². The average Bonchev–Trinajstić information content (AvgIpc) is 3.99. The first-order valence-corrected chi connectivity index (χ1v) is 17.3. The number of fused-ring (bicyclic) bond motifs is 5. The average molecular weight is 877 g/mol. The molecule has 5 aliphatic rings. The predicted octanol–water partition coefficient (Wildman–Crippen LogP) is -6.62. The number of aromatic nitrogens is 4. The van der Waals surface area contributed by atoms with E-state index in [-0.39, 0.29) is 66.1 Å². The molecule has 0 unspecified atom stereocenters. The zero-order valence-electron chi connectivity index (χ0n) is 31.3. The maximum absolute atomic E-state index is 5.35. The fourth-order valence-corrected chi connectivity index (χ4v) is 6.94. The van der Waals surface area contributed by atoms with Crippen molar-refractivity contribution in [1.82, 2.24) is 9.88 Å². The summed E-state index contributed by atoms with van der Waals surface area (Å²) in [7, 11) is 8.10. The minimum absolute atomic E-state index is 0. The number of rotatable bonds is 3. The van der Waals surface area contributed by atoms with Crippen molar-refractivity contribution in [1.29, 1.82) is 0 Å². The van der Waals surface area contributed by atoms with Crippen molar-refractivity contribution in [3.05, 3.63) is 203 Å². The molecule has 8 nitrogen and oxygen atoms in total. The maximum atomic E-state index is 5.35. The topological polar surface area (TPSA) is 66.1 Å². The van der Waals surface area contributed by atoms with Gasteiger partial charge < -0.3 is 59.5 Å². The molecule has 0 spiro atoms. The van der Waals surface area contributed by atoms with Crippen LogP contribution in [0.15, 0.2) is 190 Å². The van der Waals surface area contributed by atoms with Crippen molar-refractivity contribution in [2.24, 2.45) is 36.1 Å². The Labute approximate surface area is 367 Å². The SMILES string of the molecule is CN1C=CC(=C2C3=NC(=C(c4cc[n+](C)cc4)C4=NC(=C(c5cc[n+](C)cc5)c5ccc([n-]5)C(c5cc[n+](C)cc5)=C5C=CC2=N5)C=C4)C=C3)C=C1.[Cl-].[Cl-].[Cl-].[Cl-].[Ni+2]. The van der Waals surface area contributed by atoms with Gasteiger partial charge in [-0.1, -0.05) is 12.1 Å². The van der Waals surface area contributed by atoms with Gasteiger partial charge in [-0.25, -0.2) is 28.7 Å². The van der Waals surface area contributed by atoms with E-state index in [0.29, 0.717) is 0 Å². The van der Waals surface area contributed by atoms with Crippen LogP contribution in [0.4, 0.5) is 0 Å². The van der Waals surface area contributed by atoms with Gasteiger partial charge in [-0.15, -0.1) is 11.4 Å². The van der Waals surface area contributed by atoms with Crippen LogP contribution in [0.25, 0.3) is 16.7 Å². The van der Waals surface area contributed by atoms with Crippen LogP contribution in [-0.4, -0.2) is 29.1 Å². The Bertz CT molecular complexity index is 2560. The zero-order chi connectivity index (χ0) is 35.3. The van der Waals surface area contributed by atoms with Crippen LogP contribution < -0.4 is 68.3 Å². The molecule has 0 saturated carbocycles. The van der Waals surface area contributed by atoms with Gasteiger partial charge in [-0.3, -0.25) is 0 Å². The first-order valence-electron chi connectivity index (χ1n) is 17.3. The molecule has 0 radical (unpaired) electrons. The van der Waals surface area contributed by atoms with Gasteiger partial charge in [0.05, 0.1) is 34.2 Å². The summed E-state index contributed by atoms with van der Waals surface area (Å²) < 4.78 is 6.11. The standard InChI is InChI=1S/C44H36N8.4ClH.Ni/c1-49-21-13-29(14-22-49)41-33-5-7-35(45-33)42(30-15-23-50(2)24-16-30)37-9-11-39(47-37)44(32-19-27-52(4)28-20-32)40-12-10-38(48-40)43(36-8-6-34(41)46-36)31-17-25-51(3)26-18-31;;;;;/h5-28H,1-4H3;4*1H;/q+2;;;;;+2/p-4. The number of hydrogen-bond donors (Lipinski definition) is 0. The summed E-state index contributed by atoms with van der Waals surface area (Å²) in [5.41, 5.74) is 14.7. The van der Waals surface area contributed by atoms with E-state index in [2.05, 4.69) is 147 Å². The quantitative estimate of drug-likeness (QED) is 0.152. The van der Waals surface area contributed by atoms with Gasteiger partial charge in [0, 0.05) is 67.0 Å². The zero-order valence-corrected chi connectivity index (χ0v) is 35.3. The van der Waals surface area contributed by atoms with Crippen LogP contribution in [0, 0.1) is 0 Å². The largest absolute Gasteiger partial charge is 2.00 e. The second-order valence-electron chi connectivity index (χ2n) is 13.4. The van der Waals surface area contributed by atoms with Crippen LogP contribution in [0.1, 0.15) is 28.1 Å². The predicted molar refractivity (Wildman–Crippen MR) is 204 cm³/mol. The Morgan fingerprint density at radius 3 is 1.16 bits per heavy atom. The summed E-state index contributed by atoms with van der Waals surface area (Å²) in [6, 6.07) is 16.9. The minimum atomic E-state index is 0. The monoisotopic (exact) mass is 874 g/mol. The van der Waals surface area contributed by atoms with E-state index < -0.39 is 0 Å². The van der Waals surface area contributed by atoms with Crippen LogP contribution >= 0.6 is 0 Å². The second kappa shape index (κ2) is 18.4. The van der Waals surface area contributed by atoms with Gasteiger partial charge in [-0.2, -0.15) is 0 Å². The van der Waals surface area contributed by atoms with E-state index in [1.54, 1.807) is 0 Å². The van der Waals surface area contributed by atoms with Gasteiger partial charge in [-0.05, 0) is 82.0 Å². The molecule has 0 fully saturated rings. The third kappa shape index (κ3) is 8.59. The van der Waals surface area contributed by atoms with Crippen LogP contribution in [0.3, 0.4) is 0 Å². The summed E-state index contributed by atoms with van der Waals surface area (Å²) in [5.74, 6) is 0. The van der Waals surface area contributed by atoms with E-state index in [1.165, 1.54) is 0 Å². The molecule has 13 heteroatoms. The molecule has 8 bridgehead atoms. The van der Waals surface area contributed by atoms with E-state index in [0.717, 1.165) is 90.2 Å². The molecule has 4 aromatic heterocycles. The molecule has 9 rings (SSSR count). The van der Waals surface area contributed by atoms with Crippen molar-refractivity contribution >= 4 is 33.9 Å². The van der Waals surface area contributed by atoms with E-state index in [9.17, 15) is 0 Å². The molecule has 9 heterocycles. The summed E-state index contributed by atoms with van der Waals surface area (Å²) in [6.45, 7) is 0. The molecule has 0 saturated heterocycles. The molecule has 5 aliphatic heterocycles. The Hall–Kier alpha value is -5.15. The molecule has 57 heavy (non-hydrogen) atoms. The van der Waals surface area contributed by atoms with E-state index in [1.807, 2.05) is 46.8 Å². The van der Waals surface area contributed by atoms with Crippen molar-refractivity contribution in [2.75, 3.05) is 7.05 Å². The number of pyridine rings is 3. The minimum Gasteiger partial charge on any atom is -1.00 e. The Morgan fingerprint density at radius 1 is 0.439 bits per heavy atom. The van der Waals surface area contributed by atoms with E-state index >= 15 is 0 Å². The van der Waals surface area contributed by atoms with Gasteiger partial charge in [0.2, 0.25) is 0 Å². The normalized spacial score (nSPS) is 16.1. The van der Waals surface area contributed by atoms with E-state index in [4.69, 9.17) is 20.0 Å².